The highest BCUT2D eigenvalue weighted by Gasteiger charge is 2.03. The lowest BCUT2D eigenvalue weighted by Gasteiger charge is -2.06. The Balaban J connectivity index is 2.88. The van der Waals surface area contributed by atoms with E-state index in [1.807, 2.05) is 0 Å². The van der Waals surface area contributed by atoms with Crippen molar-refractivity contribution in [2.75, 3.05) is 5.32 Å². The lowest BCUT2D eigenvalue weighted by atomic mass is 10.2. The lowest BCUT2D eigenvalue weighted by Crippen LogP contribution is -2.07. The summed E-state index contributed by atoms with van der Waals surface area (Å²) in [6.07, 6.45) is 1.14. The molecule has 74 valence electrons. The summed E-state index contributed by atoms with van der Waals surface area (Å²) in [7, 11) is 0. The molecular weight excluding hydrogens is 180 g/mol. The Morgan fingerprint density at radius 3 is 2.86 bits per heavy atom. The molecule has 0 aromatic heterocycles. The van der Waals surface area contributed by atoms with Gasteiger partial charge in [-0.25, -0.2) is 0 Å². The number of anilines is 1. The van der Waals surface area contributed by atoms with Gasteiger partial charge in [-0.15, -0.1) is 0 Å². The van der Waals surface area contributed by atoms with Gasteiger partial charge < -0.3 is 16.2 Å². The van der Waals surface area contributed by atoms with Gasteiger partial charge in [0.25, 0.3) is 0 Å². The minimum Gasteiger partial charge on any atom is -0.506 e. The Bertz CT molecular complexity index is 361. The monoisotopic (exact) mass is 192 g/mol. The van der Waals surface area contributed by atoms with Gasteiger partial charge in [0.1, 0.15) is 5.75 Å². The highest BCUT2D eigenvalue weighted by Crippen LogP contribution is 2.23. The first-order valence-corrected chi connectivity index (χ1v) is 4.12. The number of phenolic OH excluding ortho intramolecular Hbond substituents is 1. The van der Waals surface area contributed by atoms with Crippen molar-refractivity contribution in [3.05, 3.63) is 36.4 Å². The van der Waals surface area contributed by atoms with Crippen LogP contribution in [0.5, 0.6) is 5.75 Å². The fraction of sp³-hybridized carbons (Fsp3) is 0.100. The van der Waals surface area contributed by atoms with Crippen molar-refractivity contribution >= 4 is 11.6 Å². The zero-order chi connectivity index (χ0) is 10.6. The fourth-order valence-corrected chi connectivity index (χ4v) is 0.994. The molecule has 0 saturated heterocycles. The van der Waals surface area contributed by atoms with Crippen molar-refractivity contribution < 1.29 is 9.90 Å². The summed E-state index contributed by atoms with van der Waals surface area (Å²) >= 11 is 0. The van der Waals surface area contributed by atoms with Gasteiger partial charge in [0.15, 0.2) is 0 Å². The number of amides is 1. The summed E-state index contributed by atoms with van der Waals surface area (Å²) in [4.78, 5) is 10.9. The second-order valence-electron chi connectivity index (χ2n) is 2.75. The van der Waals surface area contributed by atoms with Crippen LogP contribution >= 0.6 is 0 Å². The van der Waals surface area contributed by atoms with Crippen LogP contribution in [0.25, 0.3) is 0 Å². The van der Waals surface area contributed by atoms with Gasteiger partial charge >= 0.3 is 0 Å². The highest BCUT2D eigenvalue weighted by molar-refractivity contribution is 5.99. The summed E-state index contributed by atoms with van der Waals surface area (Å²) in [5.74, 6) is -0.357. The predicted molar refractivity (Wildman–Crippen MR) is 54.8 cm³/mol. The van der Waals surface area contributed by atoms with Crippen molar-refractivity contribution in [2.24, 2.45) is 5.73 Å². The highest BCUT2D eigenvalue weighted by atomic mass is 16.3. The van der Waals surface area contributed by atoms with E-state index in [9.17, 15) is 9.90 Å². The maximum absolute atomic E-state index is 10.9. The molecular formula is C10H12N2O2. The number of aromatic hydroxyl groups is 1. The molecule has 0 aliphatic heterocycles. The van der Waals surface area contributed by atoms with E-state index in [-0.39, 0.29) is 11.7 Å². The quantitative estimate of drug-likeness (QED) is 0.493. The van der Waals surface area contributed by atoms with Crippen LogP contribution in [0.3, 0.4) is 0 Å². The number of carbonyl (C=O) groups is 1. The van der Waals surface area contributed by atoms with Gasteiger partial charge in [-0.2, -0.15) is 0 Å². The first kappa shape index (κ1) is 10.3. The molecule has 0 aliphatic carbocycles. The van der Waals surface area contributed by atoms with E-state index in [1.54, 1.807) is 12.1 Å². The smallest absolute Gasteiger partial charge is 0.247 e. The van der Waals surface area contributed by atoms with Crippen molar-refractivity contribution in [1.29, 1.82) is 0 Å². The van der Waals surface area contributed by atoms with Gasteiger partial charge in [-0.1, -0.05) is 12.6 Å². The molecule has 4 N–H and O–H groups in total. The van der Waals surface area contributed by atoms with Crippen molar-refractivity contribution in [2.45, 2.75) is 6.54 Å². The molecule has 0 atom stereocenters. The van der Waals surface area contributed by atoms with Gasteiger partial charge in [-0.3, -0.25) is 4.79 Å². The average molecular weight is 192 g/mol. The van der Waals surface area contributed by atoms with E-state index < -0.39 is 0 Å². The molecule has 1 aromatic carbocycles. The number of nitrogens with one attached hydrogen (secondary N) is 1. The van der Waals surface area contributed by atoms with Crippen LogP contribution in [0.1, 0.15) is 5.56 Å². The van der Waals surface area contributed by atoms with E-state index in [0.717, 1.165) is 11.6 Å². The molecule has 0 bridgehead atoms. The molecule has 0 heterocycles. The van der Waals surface area contributed by atoms with Gasteiger partial charge in [0.2, 0.25) is 5.91 Å². The summed E-state index contributed by atoms with van der Waals surface area (Å²) in [5.41, 5.74) is 6.54. The summed E-state index contributed by atoms with van der Waals surface area (Å²) in [6, 6.07) is 4.84. The number of phenols is 1. The zero-order valence-corrected chi connectivity index (χ0v) is 7.66. The molecule has 0 aliphatic rings. The minimum atomic E-state index is -0.360. The van der Waals surface area contributed by atoms with E-state index in [0.29, 0.717) is 12.2 Å². The SMILES string of the molecule is C=CC(=O)Nc1ccc(CN)cc1O. The molecule has 1 aromatic rings. The Kier molecular flexibility index (Phi) is 3.25. The third kappa shape index (κ3) is 2.34. The number of hydrogen-bond donors (Lipinski definition) is 3. The molecule has 0 spiro atoms. The van der Waals surface area contributed by atoms with Gasteiger partial charge in [0.05, 0.1) is 5.69 Å². The standard InChI is InChI=1S/C10H12N2O2/c1-2-10(14)12-8-4-3-7(6-11)5-9(8)13/h2-5,13H,1,6,11H2,(H,12,14). The van der Waals surface area contributed by atoms with Crippen LogP contribution in [-0.4, -0.2) is 11.0 Å². The molecule has 14 heavy (non-hydrogen) atoms. The van der Waals surface area contributed by atoms with Crippen LogP contribution in [0.4, 0.5) is 5.69 Å². The molecule has 1 amide bonds. The third-order valence-electron chi connectivity index (χ3n) is 1.74. The summed E-state index contributed by atoms with van der Waals surface area (Å²) in [6.45, 7) is 3.66. The Labute approximate surface area is 82.0 Å². The Morgan fingerprint density at radius 2 is 2.36 bits per heavy atom. The zero-order valence-electron chi connectivity index (χ0n) is 7.66. The fourth-order valence-electron chi connectivity index (χ4n) is 0.994. The van der Waals surface area contributed by atoms with E-state index >= 15 is 0 Å². The normalized spacial score (nSPS) is 9.50. The van der Waals surface area contributed by atoms with Crippen LogP contribution < -0.4 is 11.1 Å². The second-order valence-corrected chi connectivity index (χ2v) is 2.75. The first-order valence-electron chi connectivity index (χ1n) is 4.12. The summed E-state index contributed by atoms with van der Waals surface area (Å²) < 4.78 is 0. The maximum atomic E-state index is 10.9. The lowest BCUT2D eigenvalue weighted by molar-refractivity contribution is -0.111. The second kappa shape index (κ2) is 4.43. The molecule has 4 nitrogen and oxygen atoms in total. The average Bonchev–Trinajstić information content (AvgIpc) is 2.20. The topological polar surface area (TPSA) is 75.4 Å². The summed E-state index contributed by atoms with van der Waals surface area (Å²) in [5, 5.41) is 11.9. The van der Waals surface area contributed by atoms with Gasteiger partial charge in [-0.05, 0) is 23.8 Å². The molecule has 0 fully saturated rings. The number of rotatable bonds is 3. The Morgan fingerprint density at radius 1 is 1.64 bits per heavy atom. The molecule has 0 unspecified atom stereocenters. The van der Waals surface area contributed by atoms with E-state index in [2.05, 4.69) is 11.9 Å². The van der Waals surface area contributed by atoms with Crippen molar-refractivity contribution in [3.8, 4) is 5.75 Å². The maximum Gasteiger partial charge on any atom is 0.247 e. The third-order valence-corrected chi connectivity index (χ3v) is 1.74. The largest absolute Gasteiger partial charge is 0.506 e. The van der Waals surface area contributed by atoms with E-state index in [4.69, 9.17) is 5.73 Å². The first-order chi connectivity index (χ1) is 6.67. The van der Waals surface area contributed by atoms with Crippen LogP contribution in [-0.2, 0) is 11.3 Å². The number of benzene rings is 1. The molecule has 1 rings (SSSR count). The minimum absolute atomic E-state index is 0.00292. The van der Waals surface area contributed by atoms with Crippen LogP contribution in [0, 0.1) is 0 Å². The van der Waals surface area contributed by atoms with Crippen molar-refractivity contribution in [1.82, 2.24) is 0 Å². The van der Waals surface area contributed by atoms with Crippen LogP contribution in [0.2, 0.25) is 0 Å². The number of nitrogens with two attached hydrogens (primary N) is 1. The van der Waals surface area contributed by atoms with Crippen LogP contribution in [0.15, 0.2) is 30.9 Å². The number of carbonyl (C=O) groups excluding carboxylic acids is 1. The number of hydrogen-bond acceptors (Lipinski definition) is 3. The van der Waals surface area contributed by atoms with Crippen molar-refractivity contribution in [3.63, 3.8) is 0 Å². The predicted octanol–water partition coefficient (Wildman–Crippen LogP) is 0.975. The van der Waals surface area contributed by atoms with Gasteiger partial charge in [0, 0.05) is 6.54 Å². The van der Waals surface area contributed by atoms with E-state index in [1.165, 1.54) is 6.07 Å². The Hall–Kier alpha value is -1.81. The molecule has 0 radical (unpaired) electrons. The molecule has 4 heteroatoms. The molecule has 0 saturated carbocycles.